The smallest absolute Gasteiger partial charge is 0.0455 e. The van der Waals surface area contributed by atoms with Gasteiger partial charge >= 0.3 is 0 Å². The first-order chi connectivity index (χ1) is 14.5. The Morgan fingerprint density at radius 1 is 0.310 bits per heavy atom. The first-order valence-corrected chi connectivity index (χ1v) is 11.8. The van der Waals surface area contributed by atoms with Crippen molar-refractivity contribution in [3.05, 3.63) is 12.2 Å². The quantitative estimate of drug-likeness (QED) is 0.244. The standard InChI is InChI=1S/C5H12N2.C5H11N.C4H10N2.C4H7N.C3H8N2/c1-2-4-7-5-6-3-1;1-2-4-6-5-3-1;1-2-6-4-3-5-1;1-2-4-5-3-1;1-2-5-3-4-1/h6-7H,1-5H2;6H,1-5H2;5-6H,1-4H2;1-2,5H,3-4H2;4-5H,1-3H2. The monoisotopic (exact) mass is 412 g/mol. The molecular weight excluding hydrogens is 364 g/mol. The van der Waals surface area contributed by atoms with Crippen LogP contribution in [0.2, 0.25) is 0 Å². The Morgan fingerprint density at radius 2 is 0.655 bits per heavy atom. The highest BCUT2D eigenvalue weighted by molar-refractivity contribution is 4.92. The Kier molecular flexibility index (Phi) is 21.6. The molecule has 0 amide bonds. The Labute approximate surface area is 179 Å². The summed E-state index contributed by atoms with van der Waals surface area (Å²) in [6, 6.07) is 0. The van der Waals surface area contributed by atoms with E-state index in [2.05, 4.69) is 54.7 Å². The molecular formula is C21H48N8. The molecule has 8 N–H and O–H groups in total. The van der Waals surface area contributed by atoms with Crippen molar-refractivity contribution in [2.24, 2.45) is 0 Å². The van der Waals surface area contributed by atoms with Crippen LogP contribution in [0.15, 0.2) is 12.2 Å². The van der Waals surface area contributed by atoms with Crippen LogP contribution in [0.5, 0.6) is 0 Å². The van der Waals surface area contributed by atoms with E-state index in [4.69, 9.17) is 0 Å². The van der Waals surface area contributed by atoms with Gasteiger partial charge in [-0.05, 0) is 51.9 Å². The molecule has 5 heterocycles. The minimum atomic E-state index is 1.00. The summed E-state index contributed by atoms with van der Waals surface area (Å²) in [6.45, 7) is 15.8. The maximum absolute atomic E-state index is 3.28. The van der Waals surface area contributed by atoms with Crippen molar-refractivity contribution in [2.45, 2.75) is 32.1 Å². The maximum Gasteiger partial charge on any atom is 0.0455 e. The van der Waals surface area contributed by atoms with Crippen molar-refractivity contribution in [1.82, 2.24) is 42.5 Å². The molecule has 0 aromatic carbocycles. The Balaban J connectivity index is 0.000000182. The second kappa shape index (κ2) is 23.7. The molecule has 4 saturated heterocycles. The van der Waals surface area contributed by atoms with E-state index in [1.165, 1.54) is 58.3 Å². The molecule has 0 aliphatic carbocycles. The van der Waals surface area contributed by atoms with E-state index < -0.39 is 0 Å². The lowest BCUT2D eigenvalue weighted by Gasteiger charge is -2.11. The average molecular weight is 413 g/mol. The molecule has 0 spiro atoms. The Bertz CT molecular complexity index is 260. The van der Waals surface area contributed by atoms with Gasteiger partial charge < -0.3 is 42.5 Å². The van der Waals surface area contributed by atoms with E-state index in [0.29, 0.717) is 0 Å². The third-order valence-corrected chi connectivity index (χ3v) is 4.79. The van der Waals surface area contributed by atoms with E-state index in [1.54, 1.807) is 0 Å². The highest BCUT2D eigenvalue weighted by Gasteiger charge is 1.94. The van der Waals surface area contributed by atoms with Crippen LogP contribution in [0.3, 0.4) is 0 Å². The van der Waals surface area contributed by atoms with Crippen LogP contribution in [-0.2, 0) is 0 Å². The lowest BCUT2D eigenvalue weighted by atomic mass is 10.2. The second-order valence-electron chi connectivity index (χ2n) is 7.50. The molecule has 29 heavy (non-hydrogen) atoms. The van der Waals surface area contributed by atoms with Crippen molar-refractivity contribution in [3.63, 3.8) is 0 Å². The zero-order valence-corrected chi connectivity index (χ0v) is 18.6. The molecule has 0 aromatic heterocycles. The Morgan fingerprint density at radius 3 is 0.897 bits per heavy atom. The molecule has 0 unspecified atom stereocenters. The number of rotatable bonds is 0. The molecule has 0 radical (unpaired) electrons. The normalized spacial score (nSPS) is 23.4. The molecule has 5 rings (SSSR count). The fourth-order valence-corrected chi connectivity index (χ4v) is 3.03. The van der Waals surface area contributed by atoms with Gasteiger partial charge in [0.2, 0.25) is 0 Å². The first kappa shape index (κ1) is 26.5. The van der Waals surface area contributed by atoms with Crippen molar-refractivity contribution < 1.29 is 0 Å². The van der Waals surface area contributed by atoms with E-state index in [1.807, 2.05) is 0 Å². The number of hydrogen-bond donors (Lipinski definition) is 8. The van der Waals surface area contributed by atoms with E-state index in [9.17, 15) is 0 Å². The zero-order valence-electron chi connectivity index (χ0n) is 18.6. The van der Waals surface area contributed by atoms with Crippen molar-refractivity contribution in [1.29, 1.82) is 0 Å². The summed E-state index contributed by atoms with van der Waals surface area (Å²) in [4.78, 5) is 0. The van der Waals surface area contributed by atoms with Crippen molar-refractivity contribution in [3.8, 4) is 0 Å². The molecule has 5 aliphatic rings. The van der Waals surface area contributed by atoms with Gasteiger partial charge in [-0.1, -0.05) is 18.6 Å². The minimum absolute atomic E-state index is 1.00. The van der Waals surface area contributed by atoms with Gasteiger partial charge in [0.15, 0.2) is 0 Å². The third kappa shape index (κ3) is 21.9. The molecule has 0 aromatic rings. The van der Waals surface area contributed by atoms with Gasteiger partial charge in [0.25, 0.3) is 0 Å². The first-order valence-electron chi connectivity index (χ1n) is 11.8. The number of hydrogen-bond acceptors (Lipinski definition) is 8. The van der Waals surface area contributed by atoms with E-state index in [-0.39, 0.29) is 0 Å². The summed E-state index contributed by atoms with van der Waals surface area (Å²) in [5, 5.41) is 25.5. The zero-order chi connectivity index (χ0) is 20.5. The maximum atomic E-state index is 3.28. The average Bonchev–Trinajstić information content (AvgIpc) is 3.54. The molecule has 172 valence electrons. The van der Waals surface area contributed by atoms with Crippen LogP contribution in [0.25, 0.3) is 0 Å². The molecule has 0 atom stereocenters. The fourth-order valence-electron chi connectivity index (χ4n) is 3.03. The fraction of sp³-hybridized carbons (Fsp3) is 0.905. The summed E-state index contributed by atoms with van der Waals surface area (Å²) in [5.41, 5.74) is 0. The van der Waals surface area contributed by atoms with Crippen molar-refractivity contribution in [2.75, 3.05) is 91.9 Å². The summed E-state index contributed by atoms with van der Waals surface area (Å²) in [7, 11) is 0. The summed E-state index contributed by atoms with van der Waals surface area (Å²) in [5.74, 6) is 0. The predicted octanol–water partition coefficient (Wildman–Crippen LogP) is -0.861. The van der Waals surface area contributed by atoms with Gasteiger partial charge in [0, 0.05) is 65.7 Å². The highest BCUT2D eigenvalue weighted by Crippen LogP contribution is 1.96. The van der Waals surface area contributed by atoms with E-state index in [0.717, 1.165) is 65.7 Å². The van der Waals surface area contributed by atoms with Crippen LogP contribution in [0, 0.1) is 0 Å². The highest BCUT2D eigenvalue weighted by atomic mass is 15.1. The SMILES string of the molecule is C1=CCNC1.C1CCNCC1.C1CCNCNC1.C1CNCCN1.C1CNCN1. The summed E-state index contributed by atoms with van der Waals surface area (Å²) < 4.78 is 0. The molecule has 5 aliphatic heterocycles. The van der Waals surface area contributed by atoms with Crippen molar-refractivity contribution >= 4 is 0 Å². The number of piperazine rings is 1. The lowest BCUT2D eigenvalue weighted by molar-refractivity contribution is 0.520. The lowest BCUT2D eigenvalue weighted by Crippen LogP contribution is -2.39. The van der Waals surface area contributed by atoms with Gasteiger partial charge in [0.05, 0.1) is 0 Å². The van der Waals surface area contributed by atoms with Crippen LogP contribution >= 0.6 is 0 Å². The third-order valence-electron chi connectivity index (χ3n) is 4.79. The Hall–Kier alpha value is -0.580. The minimum Gasteiger partial charge on any atom is -0.317 e. The van der Waals surface area contributed by atoms with Gasteiger partial charge in [-0.2, -0.15) is 0 Å². The summed E-state index contributed by atoms with van der Waals surface area (Å²) in [6.07, 6.45) is 11.1. The molecule has 8 nitrogen and oxygen atoms in total. The van der Waals surface area contributed by atoms with Crippen LogP contribution in [0.1, 0.15) is 32.1 Å². The topological polar surface area (TPSA) is 96.2 Å². The van der Waals surface area contributed by atoms with Gasteiger partial charge in [-0.25, -0.2) is 0 Å². The number of piperidine rings is 1. The largest absolute Gasteiger partial charge is 0.317 e. The molecule has 4 fully saturated rings. The van der Waals surface area contributed by atoms with Crippen LogP contribution in [-0.4, -0.2) is 91.9 Å². The number of nitrogens with one attached hydrogen (secondary N) is 8. The van der Waals surface area contributed by atoms with E-state index >= 15 is 0 Å². The molecule has 8 heteroatoms. The van der Waals surface area contributed by atoms with Crippen LogP contribution in [0.4, 0.5) is 0 Å². The predicted molar refractivity (Wildman–Crippen MR) is 125 cm³/mol. The summed E-state index contributed by atoms with van der Waals surface area (Å²) >= 11 is 0. The molecule has 0 bridgehead atoms. The van der Waals surface area contributed by atoms with Gasteiger partial charge in [-0.3, -0.25) is 0 Å². The van der Waals surface area contributed by atoms with Gasteiger partial charge in [-0.15, -0.1) is 0 Å². The molecule has 0 saturated carbocycles. The van der Waals surface area contributed by atoms with Gasteiger partial charge in [0.1, 0.15) is 0 Å². The van der Waals surface area contributed by atoms with Crippen LogP contribution < -0.4 is 42.5 Å². The second-order valence-corrected chi connectivity index (χ2v) is 7.50.